The maximum Gasteiger partial charge on any atom is 0.306 e. The molecule has 1 N–H and O–H groups in total. The van der Waals surface area contributed by atoms with Crippen LogP contribution in [0.5, 0.6) is 0 Å². The van der Waals surface area contributed by atoms with Gasteiger partial charge < -0.3 is 9.84 Å². The van der Waals surface area contributed by atoms with Crippen molar-refractivity contribution in [3.8, 4) is 0 Å². The van der Waals surface area contributed by atoms with Gasteiger partial charge in [0.25, 0.3) is 0 Å². The molecule has 0 atom stereocenters. The molecule has 1 aliphatic rings. The van der Waals surface area contributed by atoms with Crippen molar-refractivity contribution in [2.24, 2.45) is 5.92 Å². The van der Waals surface area contributed by atoms with Crippen molar-refractivity contribution in [2.75, 3.05) is 6.61 Å². The molecular weight excluding hydrogens is 192 g/mol. The molecule has 86 valence electrons. The molecule has 15 heavy (non-hydrogen) atoms. The molecule has 0 amide bonds. The van der Waals surface area contributed by atoms with Gasteiger partial charge in [-0.25, -0.2) is 0 Å². The summed E-state index contributed by atoms with van der Waals surface area (Å²) in [7, 11) is 0. The quantitative estimate of drug-likeness (QED) is 0.729. The third-order valence-corrected chi connectivity index (χ3v) is 2.85. The number of carbonyl (C=O) groups is 1. The summed E-state index contributed by atoms with van der Waals surface area (Å²) in [5.74, 6) is -0.800. The Hall–Kier alpha value is -0.830. The molecule has 0 heterocycles. The van der Waals surface area contributed by atoms with E-state index in [0.717, 1.165) is 25.7 Å². The smallest absolute Gasteiger partial charge is 0.306 e. The molecule has 0 spiro atoms. The van der Waals surface area contributed by atoms with E-state index in [2.05, 4.69) is 6.08 Å². The van der Waals surface area contributed by atoms with E-state index >= 15 is 0 Å². The van der Waals surface area contributed by atoms with Gasteiger partial charge in [-0.3, -0.25) is 4.79 Å². The average molecular weight is 212 g/mol. The van der Waals surface area contributed by atoms with E-state index in [9.17, 15) is 4.79 Å². The van der Waals surface area contributed by atoms with E-state index in [4.69, 9.17) is 9.84 Å². The predicted molar refractivity (Wildman–Crippen MR) is 58.8 cm³/mol. The Kier molecular flexibility index (Phi) is 4.82. The van der Waals surface area contributed by atoms with Gasteiger partial charge in [0.05, 0.1) is 18.6 Å². The number of ether oxygens (including phenoxy) is 1. The molecule has 0 radical (unpaired) electrons. The molecule has 3 nitrogen and oxygen atoms in total. The zero-order valence-electron chi connectivity index (χ0n) is 9.53. The first-order chi connectivity index (χ1) is 7.09. The summed E-state index contributed by atoms with van der Waals surface area (Å²) in [6, 6.07) is 0. The Morgan fingerprint density at radius 1 is 1.33 bits per heavy atom. The van der Waals surface area contributed by atoms with Gasteiger partial charge in [0.15, 0.2) is 0 Å². The highest BCUT2D eigenvalue weighted by molar-refractivity contribution is 5.70. The van der Waals surface area contributed by atoms with Crippen molar-refractivity contribution in [3.63, 3.8) is 0 Å². The fourth-order valence-electron chi connectivity index (χ4n) is 1.83. The third kappa shape index (κ3) is 4.47. The van der Waals surface area contributed by atoms with Gasteiger partial charge in [0, 0.05) is 0 Å². The first-order valence-corrected chi connectivity index (χ1v) is 5.57. The van der Waals surface area contributed by atoms with Gasteiger partial charge in [-0.1, -0.05) is 11.6 Å². The predicted octanol–water partition coefficient (Wildman–Crippen LogP) is 2.61. The van der Waals surface area contributed by atoms with Crippen LogP contribution in [0.1, 0.15) is 39.5 Å². The number of allylic oxidation sites excluding steroid dienone is 1. The first kappa shape index (κ1) is 12.2. The van der Waals surface area contributed by atoms with Crippen molar-refractivity contribution < 1.29 is 14.6 Å². The standard InChI is InChI=1S/C12H20O3/c1-9(2)7-8-15-11-5-3-10(4-6-11)12(13)14/h7,10-11H,3-6,8H2,1-2H3,(H,13,14). The van der Waals surface area contributed by atoms with Gasteiger partial charge in [-0.15, -0.1) is 0 Å². The van der Waals surface area contributed by atoms with Gasteiger partial charge in [-0.2, -0.15) is 0 Å². The summed E-state index contributed by atoms with van der Waals surface area (Å²) in [6.45, 7) is 4.75. The molecule has 0 aliphatic heterocycles. The lowest BCUT2D eigenvalue weighted by Crippen LogP contribution is -2.26. The number of rotatable bonds is 4. The highest BCUT2D eigenvalue weighted by Gasteiger charge is 2.25. The summed E-state index contributed by atoms with van der Waals surface area (Å²) in [6.07, 6.45) is 5.60. The molecule has 0 bridgehead atoms. The zero-order chi connectivity index (χ0) is 11.3. The lowest BCUT2D eigenvalue weighted by Gasteiger charge is -2.25. The lowest BCUT2D eigenvalue weighted by molar-refractivity contribution is -0.143. The molecule has 1 saturated carbocycles. The Labute approximate surface area is 91.1 Å². The van der Waals surface area contributed by atoms with Gasteiger partial charge in [0.1, 0.15) is 0 Å². The number of carboxylic acid groups (broad SMARTS) is 1. The molecule has 1 aliphatic carbocycles. The van der Waals surface area contributed by atoms with Crippen molar-refractivity contribution in [2.45, 2.75) is 45.6 Å². The summed E-state index contributed by atoms with van der Waals surface area (Å²) in [4.78, 5) is 10.7. The minimum absolute atomic E-state index is 0.145. The minimum Gasteiger partial charge on any atom is -0.481 e. The fraction of sp³-hybridized carbons (Fsp3) is 0.750. The van der Waals surface area contributed by atoms with E-state index in [1.54, 1.807) is 0 Å². The van der Waals surface area contributed by atoms with Crippen LogP contribution in [0.25, 0.3) is 0 Å². The lowest BCUT2D eigenvalue weighted by atomic mass is 9.87. The molecule has 1 rings (SSSR count). The van der Waals surface area contributed by atoms with Crippen LogP contribution in [-0.4, -0.2) is 23.8 Å². The van der Waals surface area contributed by atoms with E-state index in [1.807, 2.05) is 13.8 Å². The monoisotopic (exact) mass is 212 g/mol. The van der Waals surface area contributed by atoms with Crippen LogP contribution in [0.3, 0.4) is 0 Å². The fourth-order valence-corrected chi connectivity index (χ4v) is 1.83. The van der Waals surface area contributed by atoms with E-state index in [-0.39, 0.29) is 12.0 Å². The number of hydrogen-bond acceptors (Lipinski definition) is 2. The molecule has 0 aromatic rings. The maximum absolute atomic E-state index is 10.7. The second kappa shape index (κ2) is 5.91. The molecule has 0 aromatic heterocycles. The van der Waals surface area contributed by atoms with Gasteiger partial charge >= 0.3 is 5.97 Å². The Balaban J connectivity index is 2.20. The topological polar surface area (TPSA) is 46.5 Å². The SMILES string of the molecule is CC(C)=CCOC1CCC(C(=O)O)CC1. The molecule has 0 unspecified atom stereocenters. The second-order valence-corrected chi connectivity index (χ2v) is 4.43. The van der Waals surface area contributed by atoms with E-state index < -0.39 is 5.97 Å². The molecule has 3 heteroatoms. The molecule has 1 fully saturated rings. The third-order valence-electron chi connectivity index (χ3n) is 2.85. The number of carboxylic acids is 1. The summed E-state index contributed by atoms with van der Waals surface area (Å²) in [5.41, 5.74) is 1.26. The van der Waals surface area contributed by atoms with Gasteiger partial charge in [-0.05, 0) is 39.5 Å². The van der Waals surface area contributed by atoms with Crippen LogP contribution in [0.4, 0.5) is 0 Å². The van der Waals surface area contributed by atoms with Crippen molar-refractivity contribution >= 4 is 5.97 Å². The normalized spacial score (nSPS) is 26.0. The Bertz CT molecular complexity index is 233. The molecule has 0 aromatic carbocycles. The largest absolute Gasteiger partial charge is 0.481 e. The van der Waals surface area contributed by atoms with E-state index in [0.29, 0.717) is 6.61 Å². The molecule has 0 saturated heterocycles. The summed E-state index contributed by atoms with van der Waals surface area (Å²) < 4.78 is 5.65. The Morgan fingerprint density at radius 2 is 1.93 bits per heavy atom. The maximum atomic E-state index is 10.7. The van der Waals surface area contributed by atoms with Crippen LogP contribution in [0.2, 0.25) is 0 Å². The Morgan fingerprint density at radius 3 is 2.40 bits per heavy atom. The number of hydrogen-bond donors (Lipinski definition) is 1. The van der Waals surface area contributed by atoms with Crippen LogP contribution >= 0.6 is 0 Å². The van der Waals surface area contributed by atoms with E-state index in [1.165, 1.54) is 5.57 Å². The van der Waals surface area contributed by atoms with Gasteiger partial charge in [0.2, 0.25) is 0 Å². The molecular formula is C12H20O3. The first-order valence-electron chi connectivity index (χ1n) is 5.57. The summed E-state index contributed by atoms with van der Waals surface area (Å²) >= 11 is 0. The minimum atomic E-state index is -0.655. The van der Waals surface area contributed by atoms with Crippen molar-refractivity contribution in [3.05, 3.63) is 11.6 Å². The highest BCUT2D eigenvalue weighted by Crippen LogP contribution is 2.26. The highest BCUT2D eigenvalue weighted by atomic mass is 16.5. The van der Waals surface area contributed by atoms with Crippen LogP contribution in [-0.2, 0) is 9.53 Å². The zero-order valence-corrected chi connectivity index (χ0v) is 9.53. The van der Waals surface area contributed by atoms with Crippen LogP contribution < -0.4 is 0 Å². The van der Waals surface area contributed by atoms with Crippen molar-refractivity contribution in [1.29, 1.82) is 0 Å². The average Bonchev–Trinajstić information content (AvgIpc) is 2.18. The number of aliphatic carboxylic acids is 1. The van der Waals surface area contributed by atoms with Crippen molar-refractivity contribution in [1.82, 2.24) is 0 Å². The van der Waals surface area contributed by atoms with Crippen LogP contribution in [0.15, 0.2) is 11.6 Å². The van der Waals surface area contributed by atoms with Crippen LogP contribution in [0, 0.1) is 5.92 Å². The second-order valence-electron chi connectivity index (χ2n) is 4.43. The summed E-state index contributed by atoms with van der Waals surface area (Å²) in [5, 5.41) is 8.82.